The fourth-order valence-corrected chi connectivity index (χ4v) is 1.90. The molecular weight excluding hydrogens is 322 g/mol. The van der Waals surface area contributed by atoms with Crippen LogP contribution in [-0.4, -0.2) is 26.1 Å². The van der Waals surface area contributed by atoms with Crippen LogP contribution in [0.15, 0.2) is 16.6 Å². The molecule has 6 heteroatoms. The Bertz CT molecular complexity index is 396. The van der Waals surface area contributed by atoms with Crippen LogP contribution >= 0.6 is 15.9 Å². The lowest BCUT2D eigenvalue weighted by Crippen LogP contribution is -2.20. The SMILES string of the molecule is CCOC(CCOc1cc(Br)cc(F)c1F)OCC. The van der Waals surface area contributed by atoms with E-state index in [-0.39, 0.29) is 12.4 Å². The maximum Gasteiger partial charge on any atom is 0.200 e. The Balaban J connectivity index is 2.52. The zero-order valence-electron chi connectivity index (χ0n) is 10.9. The lowest BCUT2D eigenvalue weighted by molar-refractivity contribution is -0.142. The first-order chi connectivity index (χ1) is 9.08. The van der Waals surface area contributed by atoms with Crippen LogP contribution in [0.1, 0.15) is 20.3 Å². The normalized spacial score (nSPS) is 11.1. The summed E-state index contributed by atoms with van der Waals surface area (Å²) in [6, 6.07) is 2.43. The summed E-state index contributed by atoms with van der Waals surface area (Å²) in [5.41, 5.74) is 0. The fraction of sp³-hybridized carbons (Fsp3) is 0.538. The first-order valence-corrected chi connectivity index (χ1v) is 6.88. The van der Waals surface area contributed by atoms with E-state index in [0.29, 0.717) is 24.1 Å². The molecule has 0 aromatic heterocycles. The van der Waals surface area contributed by atoms with E-state index in [0.717, 1.165) is 6.07 Å². The van der Waals surface area contributed by atoms with Crippen molar-refractivity contribution in [3.05, 3.63) is 28.2 Å². The second kappa shape index (κ2) is 8.45. The summed E-state index contributed by atoms with van der Waals surface area (Å²) in [7, 11) is 0. The van der Waals surface area contributed by atoms with Crippen molar-refractivity contribution < 1.29 is 23.0 Å². The Kier molecular flexibility index (Phi) is 7.27. The molecule has 0 aliphatic rings. The van der Waals surface area contributed by atoms with Gasteiger partial charge in [-0.15, -0.1) is 0 Å². The average Bonchev–Trinajstić information content (AvgIpc) is 2.35. The number of rotatable bonds is 8. The molecule has 0 N–H and O–H groups in total. The van der Waals surface area contributed by atoms with Gasteiger partial charge in [-0.1, -0.05) is 15.9 Å². The third-order valence-corrected chi connectivity index (χ3v) is 2.73. The summed E-state index contributed by atoms with van der Waals surface area (Å²) in [6.07, 6.45) is 0.0463. The highest BCUT2D eigenvalue weighted by Gasteiger charge is 2.13. The highest BCUT2D eigenvalue weighted by atomic mass is 79.9. The molecule has 0 aliphatic heterocycles. The summed E-state index contributed by atoms with van der Waals surface area (Å²) >= 11 is 3.08. The third kappa shape index (κ3) is 5.42. The van der Waals surface area contributed by atoms with E-state index in [4.69, 9.17) is 14.2 Å². The first kappa shape index (κ1) is 16.3. The minimum atomic E-state index is -0.993. The Hall–Kier alpha value is -0.720. The summed E-state index contributed by atoms with van der Waals surface area (Å²) in [4.78, 5) is 0. The molecule has 0 bridgehead atoms. The van der Waals surface area contributed by atoms with E-state index >= 15 is 0 Å². The number of ether oxygens (including phenoxy) is 3. The summed E-state index contributed by atoms with van der Waals surface area (Å²) in [6.45, 7) is 4.93. The van der Waals surface area contributed by atoms with Crippen molar-refractivity contribution in [3.8, 4) is 5.75 Å². The van der Waals surface area contributed by atoms with Gasteiger partial charge < -0.3 is 14.2 Å². The highest BCUT2D eigenvalue weighted by molar-refractivity contribution is 9.10. The molecule has 19 heavy (non-hydrogen) atoms. The van der Waals surface area contributed by atoms with Crippen molar-refractivity contribution in [1.29, 1.82) is 0 Å². The van der Waals surface area contributed by atoms with Crippen molar-refractivity contribution in [2.75, 3.05) is 19.8 Å². The van der Waals surface area contributed by atoms with Gasteiger partial charge in [0.25, 0.3) is 0 Å². The van der Waals surface area contributed by atoms with Crippen LogP contribution in [0.25, 0.3) is 0 Å². The van der Waals surface area contributed by atoms with Crippen molar-refractivity contribution >= 4 is 15.9 Å². The molecule has 0 radical (unpaired) electrons. The molecule has 1 aromatic rings. The molecule has 1 rings (SSSR count). The Morgan fingerprint density at radius 2 is 1.79 bits per heavy atom. The predicted molar refractivity (Wildman–Crippen MR) is 71.2 cm³/mol. The maximum atomic E-state index is 13.4. The van der Waals surface area contributed by atoms with E-state index in [2.05, 4.69) is 15.9 Å². The van der Waals surface area contributed by atoms with Crippen LogP contribution in [0.2, 0.25) is 0 Å². The van der Waals surface area contributed by atoms with Gasteiger partial charge in [0.05, 0.1) is 6.61 Å². The first-order valence-electron chi connectivity index (χ1n) is 6.09. The van der Waals surface area contributed by atoms with Crippen LogP contribution in [-0.2, 0) is 9.47 Å². The summed E-state index contributed by atoms with van der Waals surface area (Å²) in [5, 5.41) is 0. The molecule has 0 spiro atoms. The van der Waals surface area contributed by atoms with Gasteiger partial charge in [0.1, 0.15) is 0 Å². The molecular formula is C13H17BrF2O3. The van der Waals surface area contributed by atoms with Gasteiger partial charge in [-0.05, 0) is 26.0 Å². The molecule has 1 aromatic carbocycles. The zero-order chi connectivity index (χ0) is 14.3. The molecule has 0 unspecified atom stereocenters. The molecule has 0 heterocycles. The van der Waals surface area contributed by atoms with Gasteiger partial charge in [-0.2, -0.15) is 4.39 Å². The van der Waals surface area contributed by atoms with E-state index < -0.39 is 17.9 Å². The topological polar surface area (TPSA) is 27.7 Å². The second-order valence-corrected chi connectivity index (χ2v) is 4.59. The van der Waals surface area contributed by atoms with Crippen LogP contribution in [0.3, 0.4) is 0 Å². The van der Waals surface area contributed by atoms with Crippen LogP contribution < -0.4 is 4.74 Å². The van der Waals surface area contributed by atoms with Gasteiger partial charge in [0, 0.05) is 24.1 Å². The van der Waals surface area contributed by atoms with Crippen molar-refractivity contribution in [3.63, 3.8) is 0 Å². The molecule has 0 amide bonds. The smallest absolute Gasteiger partial charge is 0.200 e. The van der Waals surface area contributed by atoms with Crippen molar-refractivity contribution in [2.24, 2.45) is 0 Å². The Morgan fingerprint density at radius 3 is 2.37 bits per heavy atom. The number of hydrogen-bond donors (Lipinski definition) is 0. The third-order valence-electron chi connectivity index (χ3n) is 2.28. The molecule has 0 fully saturated rings. The van der Waals surface area contributed by atoms with E-state index in [1.165, 1.54) is 6.07 Å². The fourth-order valence-electron chi connectivity index (χ4n) is 1.49. The van der Waals surface area contributed by atoms with Crippen LogP contribution in [0.4, 0.5) is 8.78 Å². The summed E-state index contributed by atoms with van der Waals surface area (Å²) < 4.78 is 42.8. The lowest BCUT2D eigenvalue weighted by Gasteiger charge is -2.17. The maximum absolute atomic E-state index is 13.4. The van der Waals surface area contributed by atoms with E-state index in [1.807, 2.05) is 13.8 Å². The zero-order valence-corrected chi connectivity index (χ0v) is 12.5. The van der Waals surface area contributed by atoms with Gasteiger partial charge in [0.15, 0.2) is 17.9 Å². The second-order valence-electron chi connectivity index (χ2n) is 3.68. The number of halogens is 3. The molecule has 3 nitrogen and oxygen atoms in total. The number of benzene rings is 1. The predicted octanol–water partition coefficient (Wildman–Crippen LogP) is 3.90. The quantitative estimate of drug-likeness (QED) is 0.531. The molecule has 108 valence electrons. The largest absolute Gasteiger partial charge is 0.490 e. The Morgan fingerprint density at radius 1 is 1.16 bits per heavy atom. The standard InChI is InChI=1S/C13H17BrF2O3/c1-3-17-12(18-4-2)5-6-19-11-8-9(14)7-10(15)13(11)16/h7-8,12H,3-6H2,1-2H3. The van der Waals surface area contributed by atoms with Crippen molar-refractivity contribution in [2.45, 2.75) is 26.6 Å². The molecule has 0 saturated carbocycles. The molecule has 0 atom stereocenters. The van der Waals surface area contributed by atoms with Crippen molar-refractivity contribution in [1.82, 2.24) is 0 Å². The van der Waals surface area contributed by atoms with Gasteiger partial charge in [-0.25, -0.2) is 4.39 Å². The molecule has 0 saturated heterocycles. The van der Waals surface area contributed by atoms with Crippen LogP contribution in [0.5, 0.6) is 5.75 Å². The van der Waals surface area contributed by atoms with Crippen LogP contribution in [0, 0.1) is 11.6 Å². The molecule has 0 aliphatic carbocycles. The van der Waals surface area contributed by atoms with E-state index in [9.17, 15) is 8.78 Å². The van der Waals surface area contributed by atoms with Gasteiger partial charge in [0.2, 0.25) is 5.82 Å². The average molecular weight is 339 g/mol. The minimum Gasteiger partial charge on any atom is -0.490 e. The van der Waals surface area contributed by atoms with Gasteiger partial charge in [-0.3, -0.25) is 0 Å². The lowest BCUT2D eigenvalue weighted by atomic mass is 10.3. The monoisotopic (exact) mass is 338 g/mol. The summed E-state index contributed by atoms with van der Waals surface area (Å²) in [5.74, 6) is -2.07. The minimum absolute atomic E-state index is 0.126. The Labute approximate surface area is 120 Å². The number of hydrogen-bond acceptors (Lipinski definition) is 3. The van der Waals surface area contributed by atoms with E-state index in [1.54, 1.807) is 0 Å². The highest BCUT2D eigenvalue weighted by Crippen LogP contribution is 2.25. The van der Waals surface area contributed by atoms with Gasteiger partial charge >= 0.3 is 0 Å².